The molecule has 0 aliphatic carbocycles. The first kappa shape index (κ1) is 14.1. The Bertz CT molecular complexity index is 383. The monoisotopic (exact) mass is 299 g/mol. The molecule has 17 heavy (non-hydrogen) atoms. The van der Waals surface area contributed by atoms with Gasteiger partial charge < -0.3 is 11.1 Å². The molecule has 0 atom stereocenters. The summed E-state index contributed by atoms with van der Waals surface area (Å²) in [4.78, 5) is 16.2. The molecule has 0 aromatic carbocycles. The predicted octanol–water partition coefficient (Wildman–Crippen LogP) is 2.55. The Hall–Kier alpha value is -0.940. The van der Waals surface area contributed by atoms with E-state index in [4.69, 9.17) is 5.73 Å². The van der Waals surface area contributed by atoms with Gasteiger partial charge in [0.25, 0.3) is 0 Å². The van der Waals surface area contributed by atoms with E-state index in [1.54, 1.807) is 18.5 Å². The van der Waals surface area contributed by atoms with Crippen molar-refractivity contribution in [1.29, 1.82) is 0 Å². The van der Waals surface area contributed by atoms with E-state index < -0.39 is 5.41 Å². The van der Waals surface area contributed by atoms with Gasteiger partial charge in [0.15, 0.2) is 0 Å². The maximum Gasteiger partial charge on any atom is 0.231 e. The van der Waals surface area contributed by atoms with Crippen LogP contribution in [0.15, 0.2) is 22.9 Å². The summed E-state index contributed by atoms with van der Waals surface area (Å²) in [5, 5.41) is 2.90. The Balaban J connectivity index is 2.88. The van der Waals surface area contributed by atoms with Gasteiger partial charge in [-0.05, 0) is 34.8 Å². The number of anilines is 1. The van der Waals surface area contributed by atoms with Gasteiger partial charge in [-0.25, -0.2) is 0 Å². The zero-order chi connectivity index (χ0) is 12.9. The fourth-order valence-corrected chi connectivity index (χ4v) is 2.03. The maximum atomic E-state index is 12.2. The van der Waals surface area contributed by atoms with Crippen LogP contribution in [0.1, 0.15) is 26.7 Å². The van der Waals surface area contributed by atoms with Crippen molar-refractivity contribution in [1.82, 2.24) is 4.98 Å². The maximum absolute atomic E-state index is 12.2. The first-order valence-electron chi connectivity index (χ1n) is 5.70. The number of hydrogen-bond donors (Lipinski definition) is 2. The molecule has 94 valence electrons. The lowest BCUT2D eigenvalue weighted by Gasteiger charge is -2.28. The molecule has 5 heteroatoms. The largest absolute Gasteiger partial charge is 0.329 e. The zero-order valence-electron chi connectivity index (χ0n) is 10.2. The molecule has 0 aliphatic rings. The van der Waals surface area contributed by atoms with E-state index in [2.05, 4.69) is 26.2 Å². The Labute approximate surface area is 110 Å². The fourth-order valence-electron chi connectivity index (χ4n) is 1.68. The average molecular weight is 300 g/mol. The zero-order valence-corrected chi connectivity index (χ0v) is 11.8. The van der Waals surface area contributed by atoms with Gasteiger partial charge in [0.1, 0.15) is 0 Å². The van der Waals surface area contributed by atoms with E-state index in [0.29, 0.717) is 6.54 Å². The average Bonchev–Trinajstić information content (AvgIpc) is 2.35. The predicted molar refractivity (Wildman–Crippen MR) is 72.6 cm³/mol. The highest BCUT2D eigenvalue weighted by atomic mass is 79.9. The molecule has 0 saturated heterocycles. The minimum atomic E-state index is -0.483. The van der Waals surface area contributed by atoms with Crippen LogP contribution in [0.25, 0.3) is 0 Å². The highest BCUT2D eigenvalue weighted by Gasteiger charge is 2.33. The van der Waals surface area contributed by atoms with Crippen LogP contribution in [0.2, 0.25) is 0 Å². The van der Waals surface area contributed by atoms with Gasteiger partial charge >= 0.3 is 0 Å². The Morgan fingerprint density at radius 3 is 2.65 bits per heavy atom. The number of nitrogens with two attached hydrogens (primary N) is 1. The van der Waals surface area contributed by atoms with E-state index in [9.17, 15) is 4.79 Å². The van der Waals surface area contributed by atoms with Crippen molar-refractivity contribution in [2.24, 2.45) is 11.1 Å². The second-order valence-corrected chi connectivity index (χ2v) is 4.86. The summed E-state index contributed by atoms with van der Waals surface area (Å²) in [7, 11) is 0. The lowest BCUT2D eigenvalue weighted by molar-refractivity contribution is -0.125. The molecule has 1 amide bonds. The third kappa shape index (κ3) is 3.04. The quantitative estimate of drug-likeness (QED) is 0.878. The third-order valence-electron chi connectivity index (χ3n) is 3.25. The molecule has 0 fully saturated rings. The molecule has 1 rings (SSSR count). The molecule has 0 radical (unpaired) electrons. The molecular formula is C12H18BrN3O. The van der Waals surface area contributed by atoms with Crippen molar-refractivity contribution >= 4 is 27.5 Å². The Morgan fingerprint density at radius 2 is 2.18 bits per heavy atom. The number of halogens is 1. The molecule has 1 aromatic heterocycles. The highest BCUT2D eigenvalue weighted by molar-refractivity contribution is 9.10. The van der Waals surface area contributed by atoms with E-state index in [0.717, 1.165) is 23.0 Å². The molecule has 3 N–H and O–H groups in total. The van der Waals surface area contributed by atoms with Crippen molar-refractivity contribution in [3.05, 3.63) is 22.9 Å². The molecule has 0 saturated carbocycles. The van der Waals surface area contributed by atoms with Gasteiger partial charge in [-0.1, -0.05) is 13.8 Å². The van der Waals surface area contributed by atoms with Crippen LogP contribution >= 0.6 is 15.9 Å². The summed E-state index contributed by atoms with van der Waals surface area (Å²) in [6, 6.07) is 1.76. The van der Waals surface area contributed by atoms with Gasteiger partial charge in [0.2, 0.25) is 5.91 Å². The first-order chi connectivity index (χ1) is 8.09. The molecule has 0 unspecified atom stereocenters. The molecule has 1 heterocycles. The molecule has 1 aromatic rings. The molecule has 0 bridgehead atoms. The van der Waals surface area contributed by atoms with Gasteiger partial charge in [-0.2, -0.15) is 0 Å². The Morgan fingerprint density at radius 1 is 1.53 bits per heavy atom. The summed E-state index contributed by atoms with van der Waals surface area (Å²) >= 11 is 3.35. The van der Waals surface area contributed by atoms with E-state index in [-0.39, 0.29) is 5.91 Å². The number of nitrogens with zero attached hydrogens (tertiary/aromatic N) is 1. The van der Waals surface area contributed by atoms with Crippen LogP contribution in [-0.2, 0) is 4.79 Å². The summed E-state index contributed by atoms with van der Waals surface area (Å²) in [5.74, 6) is -0.0306. The van der Waals surface area contributed by atoms with E-state index >= 15 is 0 Å². The second-order valence-electron chi connectivity index (χ2n) is 4.00. The number of hydrogen-bond acceptors (Lipinski definition) is 3. The molecule has 0 spiro atoms. The third-order valence-corrected chi connectivity index (χ3v) is 3.88. The Kier molecular flexibility index (Phi) is 5.08. The van der Waals surface area contributed by atoms with Crippen molar-refractivity contribution in [3.8, 4) is 0 Å². The van der Waals surface area contributed by atoms with Crippen molar-refractivity contribution in [3.63, 3.8) is 0 Å². The SMILES string of the molecule is CCC(CC)(CN)C(=O)Nc1ccncc1Br. The van der Waals surface area contributed by atoms with Gasteiger partial charge in [-0.3, -0.25) is 9.78 Å². The number of carbonyl (C=O) groups is 1. The van der Waals surface area contributed by atoms with Crippen LogP contribution in [-0.4, -0.2) is 17.4 Å². The fraction of sp³-hybridized carbons (Fsp3) is 0.500. The van der Waals surface area contributed by atoms with Crippen LogP contribution in [0.4, 0.5) is 5.69 Å². The topological polar surface area (TPSA) is 68.0 Å². The summed E-state index contributed by atoms with van der Waals surface area (Å²) in [5.41, 5.74) is 5.98. The lowest BCUT2D eigenvalue weighted by Crippen LogP contribution is -2.41. The summed E-state index contributed by atoms with van der Waals surface area (Å²) in [6.07, 6.45) is 4.75. The highest BCUT2D eigenvalue weighted by Crippen LogP contribution is 2.28. The number of pyridine rings is 1. The van der Waals surface area contributed by atoms with E-state index in [1.807, 2.05) is 13.8 Å². The van der Waals surface area contributed by atoms with Gasteiger partial charge in [0.05, 0.1) is 15.6 Å². The minimum Gasteiger partial charge on any atom is -0.329 e. The molecule has 4 nitrogen and oxygen atoms in total. The second kappa shape index (κ2) is 6.12. The summed E-state index contributed by atoms with van der Waals surface area (Å²) in [6.45, 7) is 4.32. The van der Waals surface area contributed by atoms with Crippen LogP contribution in [0.3, 0.4) is 0 Å². The number of rotatable bonds is 5. The molecular weight excluding hydrogens is 282 g/mol. The number of carbonyl (C=O) groups excluding carboxylic acids is 1. The number of aromatic nitrogens is 1. The van der Waals surface area contributed by atoms with Crippen molar-refractivity contribution in [2.75, 3.05) is 11.9 Å². The smallest absolute Gasteiger partial charge is 0.231 e. The van der Waals surface area contributed by atoms with Crippen molar-refractivity contribution < 1.29 is 4.79 Å². The van der Waals surface area contributed by atoms with Crippen LogP contribution in [0, 0.1) is 5.41 Å². The summed E-state index contributed by atoms with van der Waals surface area (Å²) < 4.78 is 0.770. The van der Waals surface area contributed by atoms with Crippen LogP contribution < -0.4 is 11.1 Å². The van der Waals surface area contributed by atoms with Crippen molar-refractivity contribution in [2.45, 2.75) is 26.7 Å². The number of amides is 1. The normalized spacial score (nSPS) is 11.3. The lowest BCUT2D eigenvalue weighted by atomic mass is 9.81. The van der Waals surface area contributed by atoms with Crippen LogP contribution in [0.5, 0.6) is 0 Å². The standard InChI is InChI=1S/C12H18BrN3O/c1-3-12(4-2,8-14)11(17)16-10-5-6-15-7-9(10)13/h5-7H,3-4,8,14H2,1-2H3,(H,15,16,17). The molecule has 0 aliphatic heterocycles. The number of nitrogens with one attached hydrogen (secondary N) is 1. The minimum absolute atomic E-state index is 0.0306. The van der Waals surface area contributed by atoms with Gasteiger partial charge in [0, 0.05) is 18.9 Å². The van der Waals surface area contributed by atoms with E-state index in [1.165, 1.54) is 0 Å². The van der Waals surface area contributed by atoms with Gasteiger partial charge in [-0.15, -0.1) is 0 Å². The first-order valence-corrected chi connectivity index (χ1v) is 6.50.